The molecule has 0 rings (SSSR count). The molecular formula is C56H109NO5. The van der Waals surface area contributed by atoms with Gasteiger partial charge in [0.25, 0.3) is 0 Å². The minimum Gasteiger partial charge on any atom is -0.466 e. The molecule has 0 aromatic carbocycles. The first-order valence-electron chi connectivity index (χ1n) is 27.9. The molecule has 1 amide bonds. The Morgan fingerprint density at radius 2 is 0.758 bits per heavy atom. The van der Waals surface area contributed by atoms with E-state index < -0.39 is 12.1 Å². The first-order valence-corrected chi connectivity index (χ1v) is 27.9. The minimum atomic E-state index is -0.664. The van der Waals surface area contributed by atoms with Gasteiger partial charge < -0.3 is 20.3 Å². The lowest BCUT2D eigenvalue weighted by atomic mass is 10.0. The second kappa shape index (κ2) is 52.2. The Balaban J connectivity index is 3.38. The van der Waals surface area contributed by atoms with Crippen LogP contribution in [-0.2, 0) is 14.3 Å². The molecule has 0 radical (unpaired) electrons. The zero-order valence-corrected chi connectivity index (χ0v) is 41.9. The first kappa shape index (κ1) is 60.6. The predicted molar refractivity (Wildman–Crippen MR) is 269 cm³/mol. The lowest BCUT2D eigenvalue weighted by molar-refractivity contribution is -0.143. The highest BCUT2D eigenvalue weighted by Gasteiger charge is 2.20. The van der Waals surface area contributed by atoms with Gasteiger partial charge in [-0.05, 0) is 51.4 Å². The van der Waals surface area contributed by atoms with Crippen LogP contribution in [0.2, 0.25) is 0 Å². The predicted octanol–water partition coefficient (Wildman–Crippen LogP) is 16.9. The number of amides is 1. The highest BCUT2D eigenvalue weighted by atomic mass is 16.5. The van der Waals surface area contributed by atoms with Crippen molar-refractivity contribution < 1.29 is 24.5 Å². The number of aliphatic hydroxyl groups is 2. The van der Waals surface area contributed by atoms with Crippen LogP contribution in [-0.4, -0.2) is 47.4 Å². The number of hydrogen-bond acceptors (Lipinski definition) is 5. The van der Waals surface area contributed by atoms with E-state index in [-0.39, 0.29) is 18.5 Å². The second-order valence-corrected chi connectivity index (χ2v) is 19.3. The van der Waals surface area contributed by atoms with Gasteiger partial charge in [0.15, 0.2) is 0 Å². The third-order valence-corrected chi connectivity index (χ3v) is 13.1. The van der Waals surface area contributed by atoms with Crippen molar-refractivity contribution in [2.24, 2.45) is 0 Å². The smallest absolute Gasteiger partial charge is 0.305 e. The summed E-state index contributed by atoms with van der Waals surface area (Å²) in [5.74, 6) is -0.0367. The Hall–Kier alpha value is -1.40. The van der Waals surface area contributed by atoms with Crippen LogP contribution in [0.4, 0.5) is 0 Å². The number of carbonyl (C=O) groups is 2. The number of nitrogens with one attached hydrogen (secondary N) is 1. The summed E-state index contributed by atoms with van der Waals surface area (Å²) in [6.45, 7) is 4.94. The van der Waals surface area contributed by atoms with Crippen molar-refractivity contribution >= 4 is 11.9 Å². The topological polar surface area (TPSA) is 95.9 Å². The fourth-order valence-electron chi connectivity index (χ4n) is 8.75. The van der Waals surface area contributed by atoms with E-state index in [1.54, 1.807) is 0 Å². The minimum absolute atomic E-state index is 0.00139. The van der Waals surface area contributed by atoms with Gasteiger partial charge in [0, 0.05) is 12.8 Å². The van der Waals surface area contributed by atoms with E-state index in [0.29, 0.717) is 25.9 Å². The average molecular weight is 876 g/mol. The van der Waals surface area contributed by atoms with Gasteiger partial charge in [0.2, 0.25) is 5.91 Å². The van der Waals surface area contributed by atoms with Crippen molar-refractivity contribution in [1.29, 1.82) is 0 Å². The second-order valence-electron chi connectivity index (χ2n) is 19.3. The van der Waals surface area contributed by atoms with Crippen molar-refractivity contribution in [1.82, 2.24) is 5.32 Å². The summed E-state index contributed by atoms with van der Waals surface area (Å²) >= 11 is 0. The first-order chi connectivity index (χ1) is 30.5. The van der Waals surface area contributed by atoms with Crippen LogP contribution in [0.25, 0.3) is 0 Å². The van der Waals surface area contributed by atoms with E-state index in [9.17, 15) is 19.8 Å². The molecule has 3 N–H and O–H groups in total. The molecule has 0 saturated heterocycles. The van der Waals surface area contributed by atoms with Crippen LogP contribution in [0.3, 0.4) is 0 Å². The molecule has 62 heavy (non-hydrogen) atoms. The SMILES string of the molecule is CCCCCCCC/C=C\CCCCCCCC(=O)OCCCCCCCCCCCCCCCCCCCCCC(=O)NC(CO)C(O)CCCCCCCCCCCCC. The van der Waals surface area contributed by atoms with Gasteiger partial charge in [0.05, 0.1) is 25.4 Å². The van der Waals surface area contributed by atoms with Gasteiger partial charge in [-0.3, -0.25) is 9.59 Å². The van der Waals surface area contributed by atoms with Gasteiger partial charge in [-0.1, -0.05) is 257 Å². The van der Waals surface area contributed by atoms with Crippen LogP contribution in [0.1, 0.15) is 309 Å². The molecule has 0 aromatic heterocycles. The number of rotatable bonds is 52. The number of ether oxygens (including phenoxy) is 1. The van der Waals surface area contributed by atoms with E-state index >= 15 is 0 Å². The molecule has 6 heteroatoms. The standard InChI is InChI=1S/C56H109NO5/c1-3-5-7-9-11-13-15-16-22-26-30-34-38-42-46-50-56(61)62-51-47-43-39-35-31-27-24-21-19-17-18-20-23-25-29-33-37-41-45-49-55(60)57-53(52-58)54(59)48-44-40-36-32-28-14-12-10-8-6-4-2/h16,22,53-54,58-59H,3-15,17-21,23-52H2,1-2H3,(H,57,60)/b22-16-. The van der Waals surface area contributed by atoms with Crippen molar-refractivity contribution in [3.8, 4) is 0 Å². The Bertz CT molecular complexity index is 924. The maximum Gasteiger partial charge on any atom is 0.305 e. The fourth-order valence-corrected chi connectivity index (χ4v) is 8.75. The van der Waals surface area contributed by atoms with Crippen molar-refractivity contribution in [2.75, 3.05) is 13.2 Å². The maximum absolute atomic E-state index is 12.4. The number of carbonyl (C=O) groups excluding carboxylic acids is 2. The van der Waals surface area contributed by atoms with Crippen LogP contribution >= 0.6 is 0 Å². The quantitative estimate of drug-likeness (QED) is 0.0321. The lowest BCUT2D eigenvalue weighted by Crippen LogP contribution is -2.45. The molecule has 368 valence electrons. The van der Waals surface area contributed by atoms with Crippen LogP contribution < -0.4 is 5.32 Å². The summed E-state index contributed by atoms with van der Waals surface area (Å²) < 4.78 is 5.47. The van der Waals surface area contributed by atoms with Crippen molar-refractivity contribution in [2.45, 2.75) is 321 Å². The summed E-state index contributed by atoms with van der Waals surface area (Å²) in [5.41, 5.74) is 0. The Morgan fingerprint density at radius 1 is 0.435 bits per heavy atom. The van der Waals surface area contributed by atoms with E-state index in [1.807, 2.05) is 0 Å². The maximum atomic E-state index is 12.4. The molecule has 0 aliphatic rings. The monoisotopic (exact) mass is 876 g/mol. The molecule has 0 aliphatic heterocycles. The molecule has 0 aromatic rings. The molecule has 0 fully saturated rings. The number of esters is 1. The molecule has 2 atom stereocenters. The lowest BCUT2D eigenvalue weighted by Gasteiger charge is -2.22. The fraction of sp³-hybridized carbons (Fsp3) is 0.929. The Kier molecular flexibility index (Phi) is 51.0. The van der Waals surface area contributed by atoms with Crippen molar-refractivity contribution in [3.63, 3.8) is 0 Å². The summed E-state index contributed by atoms with van der Waals surface area (Å²) in [7, 11) is 0. The molecule has 0 spiro atoms. The third-order valence-electron chi connectivity index (χ3n) is 13.1. The largest absolute Gasteiger partial charge is 0.466 e. The number of hydrogen-bond donors (Lipinski definition) is 3. The molecule has 0 bridgehead atoms. The number of unbranched alkanes of at least 4 members (excludes halogenated alkanes) is 39. The van der Waals surface area contributed by atoms with E-state index in [0.717, 1.165) is 44.9 Å². The number of allylic oxidation sites excluding steroid dienone is 2. The molecule has 0 saturated carbocycles. The summed E-state index contributed by atoms with van der Waals surface area (Å²) in [6, 6.07) is -0.541. The summed E-state index contributed by atoms with van der Waals surface area (Å²) in [4.78, 5) is 24.5. The summed E-state index contributed by atoms with van der Waals surface area (Å²) in [6.07, 6.45) is 60.5. The molecule has 0 heterocycles. The van der Waals surface area contributed by atoms with Gasteiger partial charge in [-0.2, -0.15) is 0 Å². The van der Waals surface area contributed by atoms with Gasteiger partial charge in [-0.25, -0.2) is 0 Å². The highest BCUT2D eigenvalue weighted by molar-refractivity contribution is 5.76. The van der Waals surface area contributed by atoms with Crippen LogP contribution in [0.15, 0.2) is 12.2 Å². The highest BCUT2D eigenvalue weighted by Crippen LogP contribution is 2.17. The Morgan fingerprint density at radius 3 is 1.15 bits per heavy atom. The molecule has 0 aliphatic carbocycles. The zero-order chi connectivity index (χ0) is 45.1. The van der Waals surface area contributed by atoms with E-state index in [2.05, 4.69) is 31.3 Å². The number of aliphatic hydroxyl groups excluding tert-OH is 2. The van der Waals surface area contributed by atoms with Crippen LogP contribution in [0, 0.1) is 0 Å². The zero-order valence-electron chi connectivity index (χ0n) is 41.9. The molecule has 6 nitrogen and oxygen atoms in total. The van der Waals surface area contributed by atoms with Gasteiger partial charge in [0.1, 0.15) is 0 Å². The van der Waals surface area contributed by atoms with Gasteiger partial charge in [-0.15, -0.1) is 0 Å². The Labute approximate surface area is 387 Å². The normalized spacial score (nSPS) is 12.6. The van der Waals surface area contributed by atoms with E-state index in [1.165, 1.54) is 231 Å². The third kappa shape index (κ3) is 48.1. The summed E-state index contributed by atoms with van der Waals surface area (Å²) in [5, 5.41) is 23.2. The molecule has 2 unspecified atom stereocenters. The van der Waals surface area contributed by atoms with Crippen LogP contribution in [0.5, 0.6) is 0 Å². The average Bonchev–Trinajstić information content (AvgIpc) is 3.27. The van der Waals surface area contributed by atoms with E-state index in [4.69, 9.17) is 4.74 Å². The molecular weight excluding hydrogens is 767 g/mol. The van der Waals surface area contributed by atoms with Gasteiger partial charge >= 0.3 is 5.97 Å². The van der Waals surface area contributed by atoms with Crippen molar-refractivity contribution in [3.05, 3.63) is 12.2 Å².